The average molecular weight is 205 g/mol. The van der Waals surface area contributed by atoms with Gasteiger partial charge in [-0.2, -0.15) is 0 Å². The Labute approximate surface area is 88.8 Å². The molecule has 1 aromatic heterocycles. The molecule has 0 aliphatic carbocycles. The molecule has 2 amide bonds. The van der Waals surface area contributed by atoms with Crippen molar-refractivity contribution in [3.05, 3.63) is 35.3 Å². The van der Waals surface area contributed by atoms with E-state index in [0.29, 0.717) is 0 Å². The van der Waals surface area contributed by atoms with E-state index < -0.39 is 0 Å². The van der Waals surface area contributed by atoms with Gasteiger partial charge in [0.2, 0.25) is 0 Å². The maximum Gasteiger partial charge on any atom is 0.319 e. The summed E-state index contributed by atoms with van der Waals surface area (Å²) in [5, 5.41) is 5.70. The van der Waals surface area contributed by atoms with Gasteiger partial charge in [0.15, 0.2) is 0 Å². The van der Waals surface area contributed by atoms with Crippen LogP contribution in [0.25, 0.3) is 0 Å². The molecule has 2 rings (SSSR count). The average Bonchev–Trinajstić information content (AvgIpc) is 2.69. The second kappa shape index (κ2) is 3.81. The van der Waals surface area contributed by atoms with E-state index >= 15 is 0 Å². The van der Waals surface area contributed by atoms with Crippen molar-refractivity contribution in [1.29, 1.82) is 0 Å². The Hall–Kier alpha value is -1.71. The number of nitrogens with one attached hydrogen (secondary N) is 3. The molecule has 0 bridgehead atoms. The highest BCUT2D eigenvalue weighted by Gasteiger charge is 2.25. The summed E-state index contributed by atoms with van der Waals surface area (Å²) in [4.78, 5) is 14.5. The van der Waals surface area contributed by atoms with Crippen molar-refractivity contribution in [3.8, 4) is 0 Å². The molecule has 1 aromatic rings. The number of aromatic nitrogens is 1. The molecular formula is C11H15N3O. The molecule has 1 unspecified atom stereocenters. The lowest BCUT2D eigenvalue weighted by molar-refractivity contribution is 0.238. The van der Waals surface area contributed by atoms with E-state index in [0.717, 1.165) is 17.8 Å². The standard InChI is InChI=1S/C11H15N3O/c1-3-8-7(2)13-11(15)14-10(8)9-5-4-6-12-9/h4-6,10,12H,3H2,1-2H3,(H2,13,14,15). The molecule has 1 atom stereocenters. The summed E-state index contributed by atoms with van der Waals surface area (Å²) < 4.78 is 0. The number of aromatic amines is 1. The van der Waals surface area contributed by atoms with Crippen LogP contribution in [0.2, 0.25) is 0 Å². The van der Waals surface area contributed by atoms with E-state index in [1.165, 1.54) is 5.57 Å². The molecule has 1 aliphatic heterocycles. The molecule has 0 radical (unpaired) electrons. The molecule has 15 heavy (non-hydrogen) atoms. The van der Waals surface area contributed by atoms with Crippen molar-refractivity contribution < 1.29 is 4.79 Å². The minimum absolute atomic E-state index is 0.0150. The Bertz CT molecular complexity index is 392. The van der Waals surface area contributed by atoms with Gasteiger partial charge < -0.3 is 15.6 Å². The lowest BCUT2D eigenvalue weighted by Gasteiger charge is -2.27. The maximum absolute atomic E-state index is 11.4. The largest absolute Gasteiger partial charge is 0.363 e. The molecule has 0 aromatic carbocycles. The highest BCUT2D eigenvalue weighted by Crippen LogP contribution is 2.27. The first kappa shape index (κ1) is 9.83. The van der Waals surface area contributed by atoms with Crippen molar-refractivity contribution >= 4 is 6.03 Å². The normalized spacial score (nSPS) is 21.2. The van der Waals surface area contributed by atoms with Crippen LogP contribution in [0.4, 0.5) is 4.79 Å². The first-order valence-corrected chi connectivity index (χ1v) is 5.12. The Morgan fingerprint density at radius 2 is 2.27 bits per heavy atom. The van der Waals surface area contributed by atoms with Crippen LogP contribution in [0.3, 0.4) is 0 Å². The number of allylic oxidation sites excluding steroid dienone is 1. The zero-order valence-corrected chi connectivity index (χ0v) is 8.92. The lowest BCUT2D eigenvalue weighted by Crippen LogP contribution is -2.43. The fourth-order valence-corrected chi connectivity index (χ4v) is 1.98. The van der Waals surface area contributed by atoms with Crippen LogP contribution in [0.15, 0.2) is 29.6 Å². The summed E-state index contributed by atoms with van der Waals surface area (Å²) in [5.74, 6) is 0. The predicted molar refractivity (Wildman–Crippen MR) is 58.2 cm³/mol. The highest BCUT2D eigenvalue weighted by molar-refractivity contribution is 5.78. The minimum atomic E-state index is -0.135. The summed E-state index contributed by atoms with van der Waals surface area (Å²) in [6.45, 7) is 4.03. The molecular weight excluding hydrogens is 190 g/mol. The van der Waals surface area contributed by atoms with E-state index in [-0.39, 0.29) is 12.1 Å². The number of rotatable bonds is 2. The third kappa shape index (κ3) is 1.75. The van der Waals surface area contributed by atoms with Crippen LogP contribution < -0.4 is 10.6 Å². The van der Waals surface area contributed by atoms with E-state index in [9.17, 15) is 4.79 Å². The first-order chi connectivity index (χ1) is 7.22. The summed E-state index contributed by atoms with van der Waals surface area (Å²) >= 11 is 0. The fraction of sp³-hybridized carbons (Fsp3) is 0.364. The van der Waals surface area contributed by atoms with Crippen LogP contribution in [-0.2, 0) is 0 Å². The van der Waals surface area contributed by atoms with Gasteiger partial charge in [-0.3, -0.25) is 0 Å². The van der Waals surface area contributed by atoms with Gasteiger partial charge in [-0.05, 0) is 31.1 Å². The van der Waals surface area contributed by atoms with E-state index in [1.54, 1.807) is 0 Å². The van der Waals surface area contributed by atoms with Gasteiger partial charge in [-0.1, -0.05) is 6.92 Å². The molecule has 1 aliphatic rings. The quantitative estimate of drug-likeness (QED) is 0.680. The van der Waals surface area contributed by atoms with Gasteiger partial charge in [0.25, 0.3) is 0 Å². The van der Waals surface area contributed by atoms with Gasteiger partial charge in [-0.15, -0.1) is 0 Å². The number of carbonyl (C=O) groups is 1. The fourth-order valence-electron chi connectivity index (χ4n) is 1.98. The summed E-state index contributed by atoms with van der Waals surface area (Å²) in [5.41, 5.74) is 3.21. The number of hydrogen-bond donors (Lipinski definition) is 3. The molecule has 4 nitrogen and oxygen atoms in total. The predicted octanol–water partition coefficient (Wildman–Crippen LogP) is 2.05. The van der Waals surface area contributed by atoms with Crippen LogP contribution in [0.1, 0.15) is 32.0 Å². The molecule has 3 N–H and O–H groups in total. The number of urea groups is 1. The van der Waals surface area contributed by atoms with Crippen LogP contribution in [0.5, 0.6) is 0 Å². The molecule has 4 heteroatoms. The topological polar surface area (TPSA) is 56.9 Å². The maximum atomic E-state index is 11.4. The zero-order chi connectivity index (χ0) is 10.8. The van der Waals surface area contributed by atoms with E-state index in [4.69, 9.17) is 0 Å². The summed E-state index contributed by atoms with van der Waals surface area (Å²) in [7, 11) is 0. The van der Waals surface area contributed by atoms with Gasteiger partial charge >= 0.3 is 6.03 Å². The number of carbonyl (C=O) groups excluding carboxylic acids is 1. The number of amides is 2. The van der Waals surface area contributed by atoms with Gasteiger partial charge in [0.1, 0.15) is 0 Å². The van der Waals surface area contributed by atoms with E-state index in [1.807, 2.05) is 25.3 Å². The molecule has 0 spiro atoms. The van der Waals surface area contributed by atoms with Gasteiger partial charge in [0, 0.05) is 17.6 Å². The zero-order valence-electron chi connectivity index (χ0n) is 8.92. The number of H-pyrrole nitrogens is 1. The molecule has 2 heterocycles. The Morgan fingerprint density at radius 3 is 2.87 bits per heavy atom. The molecule has 0 saturated heterocycles. The van der Waals surface area contributed by atoms with E-state index in [2.05, 4.69) is 22.5 Å². The Balaban J connectivity index is 2.37. The Morgan fingerprint density at radius 1 is 1.47 bits per heavy atom. The van der Waals surface area contributed by atoms with Crippen molar-refractivity contribution in [2.75, 3.05) is 0 Å². The van der Waals surface area contributed by atoms with Crippen LogP contribution >= 0.6 is 0 Å². The highest BCUT2D eigenvalue weighted by atomic mass is 16.2. The number of hydrogen-bond acceptors (Lipinski definition) is 1. The monoisotopic (exact) mass is 205 g/mol. The second-order valence-electron chi connectivity index (χ2n) is 3.66. The SMILES string of the molecule is CCC1=C(C)NC(=O)NC1c1ccc[nH]1. The molecule has 0 fully saturated rings. The van der Waals surface area contributed by atoms with Crippen molar-refractivity contribution in [1.82, 2.24) is 15.6 Å². The minimum Gasteiger partial charge on any atom is -0.363 e. The third-order valence-corrected chi connectivity index (χ3v) is 2.72. The lowest BCUT2D eigenvalue weighted by atomic mass is 9.98. The van der Waals surface area contributed by atoms with Crippen molar-refractivity contribution in [2.24, 2.45) is 0 Å². The Kier molecular flexibility index (Phi) is 2.49. The molecule has 0 saturated carbocycles. The van der Waals surface area contributed by atoms with Gasteiger partial charge in [-0.25, -0.2) is 4.79 Å². The second-order valence-corrected chi connectivity index (χ2v) is 3.66. The third-order valence-electron chi connectivity index (χ3n) is 2.72. The summed E-state index contributed by atoms with van der Waals surface area (Å²) in [6.07, 6.45) is 2.79. The molecule has 80 valence electrons. The summed E-state index contributed by atoms with van der Waals surface area (Å²) in [6, 6.07) is 3.77. The van der Waals surface area contributed by atoms with Crippen molar-refractivity contribution in [3.63, 3.8) is 0 Å². The van der Waals surface area contributed by atoms with Crippen LogP contribution in [-0.4, -0.2) is 11.0 Å². The van der Waals surface area contributed by atoms with Gasteiger partial charge in [0.05, 0.1) is 6.04 Å². The first-order valence-electron chi connectivity index (χ1n) is 5.12. The smallest absolute Gasteiger partial charge is 0.319 e. The van der Waals surface area contributed by atoms with Crippen LogP contribution in [0, 0.1) is 0 Å². The van der Waals surface area contributed by atoms with Crippen molar-refractivity contribution in [2.45, 2.75) is 26.3 Å².